The molecule has 4 rings (SSSR count). The summed E-state index contributed by atoms with van der Waals surface area (Å²) in [7, 11) is 1.85. The zero-order valence-corrected chi connectivity index (χ0v) is 21.6. The number of carbonyl (C=O) groups is 3. The van der Waals surface area contributed by atoms with Crippen molar-refractivity contribution in [3.05, 3.63) is 36.7 Å². The van der Waals surface area contributed by atoms with Gasteiger partial charge in [0.2, 0.25) is 11.8 Å². The lowest BCUT2D eigenvalue weighted by Crippen LogP contribution is -2.66. The van der Waals surface area contributed by atoms with E-state index in [2.05, 4.69) is 33.8 Å². The van der Waals surface area contributed by atoms with Crippen LogP contribution >= 0.6 is 0 Å². The SMILES string of the molecule is CC(C)CN1CC(=O)N(c2cnn(C)c2)CC12CCN(C(=O)CCc1cncnc1)C2.O=C(O)C(F)(F)F. The van der Waals surface area contributed by atoms with Gasteiger partial charge in [0.1, 0.15) is 6.33 Å². The smallest absolute Gasteiger partial charge is 0.475 e. The Bertz CT molecular complexity index is 1130. The number of carboxylic acid groups (broad SMARTS) is 1. The van der Waals surface area contributed by atoms with Crippen molar-refractivity contribution in [2.24, 2.45) is 13.0 Å². The number of nitrogens with zero attached hydrogens (tertiary/aromatic N) is 7. The van der Waals surface area contributed by atoms with Gasteiger partial charge in [0.25, 0.3) is 0 Å². The molecule has 2 saturated heterocycles. The number of rotatable bonds is 6. The lowest BCUT2D eigenvalue weighted by molar-refractivity contribution is -0.192. The molecule has 14 heteroatoms. The summed E-state index contributed by atoms with van der Waals surface area (Å²) < 4.78 is 33.5. The predicted molar refractivity (Wildman–Crippen MR) is 130 cm³/mol. The minimum absolute atomic E-state index is 0.0909. The zero-order chi connectivity index (χ0) is 28.1. The highest BCUT2D eigenvalue weighted by Gasteiger charge is 2.50. The van der Waals surface area contributed by atoms with Gasteiger partial charge >= 0.3 is 12.1 Å². The number of anilines is 1. The molecule has 2 aliphatic heterocycles. The van der Waals surface area contributed by atoms with Crippen LogP contribution < -0.4 is 4.90 Å². The molecule has 0 aromatic carbocycles. The molecule has 38 heavy (non-hydrogen) atoms. The van der Waals surface area contributed by atoms with Crippen LogP contribution in [0.5, 0.6) is 0 Å². The van der Waals surface area contributed by atoms with E-state index >= 15 is 0 Å². The summed E-state index contributed by atoms with van der Waals surface area (Å²) in [5.74, 6) is -2.08. The quantitative estimate of drug-likeness (QED) is 0.589. The van der Waals surface area contributed by atoms with Gasteiger partial charge in [-0.3, -0.25) is 19.2 Å². The maximum Gasteiger partial charge on any atom is 0.490 e. The van der Waals surface area contributed by atoms with Gasteiger partial charge in [-0.15, -0.1) is 0 Å². The van der Waals surface area contributed by atoms with Crippen LogP contribution in [0.3, 0.4) is 0 Å². The van der Waals surface area contributed by atoms with Gasteiger partial charge < -0.3 is 14.9 Å². The Hall–Kier alpha value is -3.55. The van der Waals surface area contributed by atoms with Crippen molar-refractivity contribution in [3.8, 4) is 0 Å². The van der Waals surface area contributed by atoms with Crippen molar-refractivity contribution >= 4 is 23.5 Å². The first-order valence-corrected chi connectivity index (χ1v) is 12.2. The molecule has 0 radical (unpaired) electrons. The molecule has 2 aromatic heterocycles. The third-order valence-electron chi connectivity index (χ3n) is 6.51. The second-order valence-electron chi connectivity index (χ2n) is 9.97. The molecule has 1 spiro atoms. The Morgan fingerprint density at radius 1 is 1.16 bits per heavy atom. The minimum atomic E-state index is -5.08. The highest BCUT2D eigenvalue weighted by Crippen LogP contribution is 2.35. The van der Waals surface area contributed by atoms with Crippen LogP contribution in [-0.2, 0) is 27.9 Å². The van der Waals surface area contributed by atoms with Gasteiger partial charge in [-0.1, -0.05) is 13.8 Å². The Morgan fingerprint density at radius 2 is 1.82 bits per heavy atom. The third-order valence-corrected chi connectivity index (χ3v) is 6.51. The summed E-state index contributed by atoms with van der Waals surface area (Å²) in [4.78, 5) is 49.0. The second-order valence-corrected chi connectivity index (χ2v) is 9.97. The van der Waals surface area contributed by atoms with E-state index in [1.54, 1.807) is 23.3 Å². The Kier molecular flexibility index (Phi) is 9.07. The Labute approximate surface area is 218 Å². The van der Waals surface area contributed by atoms with Crippen molar-refractivity contribution in [2.45, 2.75) is 44.8 Å². The van der Waals surface area contributed by atoms with Crippen LogP contribution in [-0.4, -0.2) is 96.9 Å². The molecule has 4 heterocycles. The molecule has 2 aliphatic rings. The van der Waals surface area contributed by atoms with Crippen molar-refractivity contribution in [1.29, 1.82) is 0 Å². The third kappa shape index (κ3) is 7.27. The summed E-state index contributed by atoms with van der Waals surface area (Å²) in [5.41, 5.74) is 1.57. The van der Waals surface area contributed by atoms with E-state index in [0.29, 0.717) is 44.9 Å². The van der Waals surface area contributed by atoms with Crippen LogP contribution in [0, 0.1) is 5.92 Å². The predicted octanol–water partition coefficient (Wildman–Crippen LogP) is 1.75. The minimum Gasteiger partial charge on any atom is -0.475 e. The number of aromatic nitrogens is 4. The average molecular weight is 540 g/mol. The van der Waals surface area contributed by atoms with Crippen LogP contribution in [0.25, 0.3) is 0 Å². The number of amides is 2. The lowest BCUT2D eigenvalue weighted by Gasteiger charge is -2.48. The van der Waals surface area contributed by atoms with Gasteiger partial charge in [-0.05, 0) is 24.3 Å². The maximum absolute atomic E-state index is 13.0. The molecular weight excluding hydrogens is 507 g/mol. The fraction of sp³-hybridized carbons (Fsp3) is 0.583. The molecular formula is C24H32F3N7O4. The molecule has 2 fully saturated rings. The first-order valence-electron chi connectivity index (χ1n) is 12.2. The number of likely N-dealkylation sites (tertiary alicyclic amines) is 1. The van der Waals surface area contributed by atoms with Gasteiger partial charge in [-0.25, -0.2) is 14.8 Å². The van der Waals surface area contributed by atoms with E-state index in [-0.39, 0.29) is 17.4 Å². The normalized spacial score (nSPS) is 20.1. The number of hydrogen-bond acceptors (Lipinski definition) is 7. The molecule has 2 amide bonds. The van der Waals surface area contributed by atoms with Crippen molar-refractivity contribution in [2.75, 3.05) is 37.6 Å². The number of alkyl halides is 3. The van der Waals surface area contributed by atoms with E-state index in [9.17, 15) is 22.8 Å². The van der Waals surface area contributed by atoms with Crippen LogP contribution in [0.2, 0.25) is 0 Å². The zero-order valence-electron chi connectivity index (χ0n) is 21.6. The number of hydrogen-bond donors (Lipinski definition) is 1. The summed E-state index contributed by atoms with van der Waals surface area (Å²) in [5, 5.41) is 11.4. The van der Waals surface area contributed by atoms with Crippen LogP contribution in [0.1, 0.15) is 32.3 Å². The monoisotopic (exact) mass is 539 g/mol. The fourth-order valence-electron chi connectivity index (χ4n) is 4.71. The molecule has 1 unspecified atom stereocenters. The Morgan fingerprint density at radius 3 is 2.37 bits per heavy atom. The van der Waals surface area contributed by atoms with Gasteiger partial charge in [0.05, 0.1) is 24.0 Å². The molecule has 11 nitrogen and oxygen atoms in total. The number of carbonyl (C=O) groups excluding carboxylic acids is 2. The first-order chi connectivity index (χ1) is 17.8. The molecule has 208 valence electrons. The van der Waals surface area contributed by atoms with E-state index in [1.165, 1.54) is 6.33 Å². The van der Waals surface area contributed by atoms with E-state index in [4.69, 9.17) is 9.90 Å². The van der Waals surface area contributed by atoms with E-state index in [0.717, 1.165) is 24.2 Å². The number of aliphatic carboxylic acids is 1. The molecule has 1 N–H and O–H groups in total. The highest BCUT2D eigenvalue weighted by atomic mass is 19.4. The van der Waals surface area contributed by atoms with Crippen molar-refractivity contribution in [3.63, 3.8) is 0 Å². The van der Waals surface area contributed by atoms with Gasteiger partial charge in [0, 0.05) is 58.2 Å². The largest absolute Gasteiger partial charge is 0.490 e. The number of carboxylic acids is 1. The van der Waals surface area contributed by atoms with E-state index in [1.807, 2.05) is 23.0 Å². The Balaban J connectivity index is 0.000000505. The fourth-order valence-corrected chi connectivity index (χ4v) is 4.71. The summed E-state index contributed by atoms with van der Waals surface area (Å²) in [6, 6.07) is 0. The number of halogens is 3. The molecule has 1 atom stereocenters. The lowest BCUT2D eigenvalue weighted by atomic mass is 9.91. The first kappa shape index (κ1) is 29.0. The number of piperazine rings is 1. The van der Waals surface area contributed by atoms with Gasteiger partial charge in [-0.2, -0.15) is 18.3 Å². The average Bonchev–Trinajstić information content (AvgIpc) is 3.47. The molecule has 2 aromatic rings. The van der Waals surface area contributed by atoms with E-state index < -0.39 is 12.1 Å². The standard InChI is InChI=1S/C22H31N7O2.C2HF3O2/c1-17(2)11-28-13-21(31)29(19-10-25-26(3)12-19)15-22(28)6-7-27(14-22)20(30)5-4-18-8-23-16-24-9-18;3-2(4,5)1(6)7/h8-10,12,16-17H,4-7,11,13-15H2,1-3H3;(H,6,7). The number of aryl methyl sites for hydroxylation is 2. The second kappa shape index (κ2) is 11.9. The topological polar surface area (TPSA) is 125 Å². The van der Waals surface area contributed by atoms with Crippen LogP contribution in [0.15, 0.2) is 31.1 Å². The maximum atomic E-state index is 13.0. The summed E-state index contributed by atoms with van der Waals surface area (Å²) >= 11 is 0. The van der Waals surface area contributed by atoms with Crippen molar-refractivity contribution in [1.82, 2.24) is 29.5 Å². The van der Waals surface area contributed by atoms with Crippen molar-refractivity contribution < 1.29 is 32.7 Å². The highest BCUT2D eigenvalue weighted by molar-refractivity contribution is 5.95. The van der Waals surface area contributed by atoms with Gasteiger partial charge in [0.15, 0.2) is 0 Å². The molecule has 0 bridgehead atoms. The van der Waals surface area contributed by atoms with Crippen LogP contribution in [0.4, 0.5) is 18.9 Å². The molecule has 0 aliphatic carbocycles. The molecule has 0 saturated carbocycles. The summed E-state index contributed by atoms with van der Waals surface area (Å²) in [6.07, 6.45) is 5.50. The summed E-state index contributed by atoms with van der Waals surface area (Å²) in [6.45, 7) is 7.51.